The van der Waals surface area contributed by atoms with E-state index in [9.17, 15) is 0 Å². The van der Waals surface area contributed by atoms with Gasteiger partial charge in [0.1, 0.15) is 0 Å². The molecule has 1 aliphatic carbocycles. The van der Waals surface area contributed by atoms with Crippen LogP contribution in [0.3, 0.4) is 0 Å². The molecule has 0 aliphatic heterocycles. The van der Waals surface area contributed by atoms with Crippen LogP contribution in [0.4, 0.5) is 0 Å². The first-order chi connectivity index (χ1) is 8.01. The van der Waals surface area contributed by atoms with Gasteiger partial charge in [-0.15, -0.1) is 0 Å². The van der Waals surface area contributed by atoms with Crippen molar-refractivity contribution in [3.05, 3.63) is 0 Å². The van der Waals surface area contributed by atoms with Gasteiger partial charge in [0.15, 0.2) is 5.96 Å². The second-order valence-corrected chi connectivity index (χ2v) is 5.55. The molecule has 100 valence electrons. The Labute approximate surface area is 106 Å². The Morgan fingerprint density at radius 1 is 1.12 bits per heavy atom. The van der Waals surface area contributed by atoms with Crippen LogP contribution >= 0.6 is 0 Å². The van der Waals surface area contributed by atoms with Crippen LogP contribution in [0.5, 0.6) is 0 Å². The molecule has 0 spiro atoms. The number of rotatable bonds is 4. The lowest BCUT2D eigenvalue weighted by molar-refractivity contribution is 0.0893. The van der Waals surface area contributed by atoms with Crippen molar-refractivity contribution in [1.29, 1.82) is 0 Å². The molecule has 0 N–H and O–H groups in total. The van der Waals surface area contributed by atoms with Crippen LogP contribution in [0.15, 0.2) is 4.99 Å². The largest absolute Gasteiger partial charge is 0.384 e. The van der Waals surface area contributed by atoms with Crippen LogP contribution in [-0.2, 0) is 4.74 Å². The summed E-state index contributed by atoms with van der Waals surface area (Å²) in [6.07, 6.45) is 5.13. The van der Waals surface area contributed by atoms with E-state index in [1.807, 2.05) is 28.2 Å². The number of nitrogens with zero attached hydrogens (tertiary/aromatic N) is 3. The zero-order chi connectivity index (χ0) is 12.9. The van der Waals surface area contributed by atoms with E-state index in [1.54, 1.807) is 7.11 Å². The molecule has 1 saturated carbocycles. The number of ether oxygens (including phenoxy) is 1. The molecule has 0 unspecified atom stereocenters. The Morgan fingerprint density at radius 2 is 1.65 bits per heavy atom. The zero-order valence-corrected chi connectivity index (χ0v) is 12.0. The first-order valence-corrected chi connectivity index (χ1v) is 6.39. The monoisotopic (exact) mass is 241 g/mol. The Balaban J connectivity index is 2.69. The number of aliphatic imine (C=N–C) groups is 1. The van der Waals surface area contributed by atoms with Gasteiger partial charge < -0.3 is 14.5 Å². The third kappa shape index (κ3) is 3.87. The predicted octanol–water partition coefficient (Wildman–Crippen LogP) is 1.67. The Bertz CT molecular complexity index is 245. The lowest BCUT2D eigenvalue weighted by atomic mass is 9.87. The minimum absolute atomic E-state index is 0.284. The van der Waals surface area contributed by atoms with Crippen molar-refractivity contribution >= 4 is 5.96 Å². The standard InChI is InChI=1S/C13H27N3O/c1-15(2)12(16(3)4)14-10-13(11-17-5)8-6-7-9-13/h6-11H2,1-5H3. The van der Waals surface area contributed by atoms with Crippen LogP contribution in [0.2, 0.25) is 0 Å². The van der Waals surface area contributed by atoms with Gasteiger partial charge in [-0.2, -0.15) is 0 Å². The number of hydrogen-bond acceptors (Lipinski definition) is 2. The minimum atomic E-state index is 0.284. The predicted molar refractivity (Wildman–Crippen MR) is 72.5 cm³/mol. The van der Waals surface area contributed by atoms with E-state index in [1.165, 1.54) is 25.7 Å². The molecule has 0 aromatic rings. The highest BCUT2D eigenvalue weighted by Gasteiger charge is 2.33. The quantitative estimate of drug-likeness (QED) is 0.553. The van der Waals surface area contributed by atoms with Gasteiger partial charge in [0.2, 0.25) is 0 Å². The molecular formula is C13H27N3O. The van der Waals surface area contributed by atoms with Crippen molar-refractivity contribution in [3.63, 3.8) is 0 Å². The van der Waals surface area contributed by atoms with E-state index in [4.69, 9.17) is 9.73 Å². The molecule has 0 amide bonds. The highest BCUT2D eigenvalue weighted by Crippen LogP contribution is 2.38. The van der Waals surface area contributed by atoms with E-state index >= 15 is 0 Å². The fourth-order valence-corrected chi connectivity index (χ4v) is 2.70. The van der Waals surface area contributed by atoms with E-state index < -0.39 is 0 Å². The molecule has 17 heavy (non-hydrogen) atoms. The van der Waals surface area contributed by atoms with E-state index in [0.717, 1.165) is 19.1 Å². The van der Waals surface area contributed by atoms with Crippen LogP contribution in [0, 0.1) is 5.41 Å². The summed E-state index contributed by atoms with van der Waals surface area (Å²) in [5, 5.41) is 0. The van der Waals surface area contributed by atoms with Gasteiger partial charge in [0.25, 0.3) is 0 Å². The van der Waals surface area contributed by atoms with Crippen molar-refractivity contribution in [2.24, 2.45) is 10.4 Å². The van der Waals surface area contributed by atoms with Gasteiger partial charge in [-0.05, 0) is 12.8 Å². The topological polar surface area (TPSA) is 28.1 Å². The molecule has 1 rings (SSSR count). The average Bonchev–Trinajstić information content (AvgIpc) is 2.66. The summed E-state index contributed by atoms with van der Waals surface area (Å²) in [6.45, 7) is 1.72. The molecule has 1 aliphatic rings. The SMILES string of the molecule is COCC1(CN=C(N(C)C)N(C)C)CCCC1. The Kier molecular flexibility index (Phi) is 5.25. The van der Waals surface area contributed by atoms with Gasteiger partial charge in [0.05, 0.1) is 13.2 Å². The van der Waals surface area contributed by atoms with Gasteiger partial charge in [-0.25, -0.2) is 0 Å². The fourth-order valence-electron chi connectivity index (χ4n) is 2.70. The molecular weight excluding hydrogens is 214 g/mol. The molecule has 0 aromatic heterocycles. The van der Waals surface area contributed by atoms with Crippen molar-refractivity contribution < 1.29 is 4.74 Å². The molecule has 0 heterocycles. The minimum Gasteiger partial charge on any atom is -0.384 e. The maximum absolute atomic E-state index is 5.39. The van der Waals surface area contributed by atoms with Crippen molar-refractivity contribution in [3.8, 4) is 0 Å². The van der Waals surface area contributed by atoms with Crippen LogP contribution in [-0.4, -0.2) is 64.2 Å². The molecule has 0 saturated heterocycles. The number of methoxy groups -OCH3 is 1. The van der Waals surface area contributed by atoms with Gasteiger partial charge in [0, 0.05) is 40.7 Å². The van der Waals surface area contributed by atoms with E-state index in [2.05, 4.69) is 9.80 Å². The smallest absolute Gasteiger partial charge is 0.195 e. The first kappa shape index (κ1) is 14.3. The summed E-state index contributed by atoms with van der Waals surface area (Å²) in [6, 6.07) is 0. The average molecular weight is 241 g/mol. The summed E-state index contributed by atoms with van der Waals surface area (Å²) in [7, 11) is 9.95. The lowest BCUT2D eigenvalue weighted by Crippen LogP contribution is -2.37. The second kappa shape index (κ2) is 6.24. The Morgan fingerprint density at radius 3 is 2.06 bits per heavy atom. The molecule has 0 atom stereocenters. The molecule has 4 nitrogen and oxygen atoms in total. The normalized spacial score (nSPS) is 17.9. The fraction of sp³-hybridized carbons (Fsp3) is 0.923. The van der Waals surface area contributed by atoms with Gasteiger partial charge in [-0.3, -0.25) is 4.99 Å². The molecule has 1 fully saturated rings. The summed E-state index contributed by atoms with van der Waals surface area (Å²) in [5.74, 6) is 1.03. The van der Waals surface area contributed by atoms with Crippen molar-refractivity contribution in [1.82, 2.24) is 9.80 Å². The maximum atomic E-state index is 5.39. The zero-order valence-electron chi connectivity index (χ0n) is 12.0. The summed E-state index contributed by atoms with van der Waals surface area (Å²) >= 11 is 0. The summed E-state index contributed by atoms with van der Waals surface area (Å²) in [4.78, 5) is 8.91. The van der Waals surface area contributed by atoms with Gasteiger partial charge >= 0.3 is 0 Å². The molecule has 0 radical (unpaired) electrons. The molecule has 0 aromatic carbocycles. The summed E-state index contributed by atoms with van der Waals surface area (Å²) in [5.41, 5.74) is 0.284. The summed E-state index contributed by atoms with van der Waals surface area (Å²) < 4.78 is 5.39. The molecule has 4 heteroatoms. The van der Waals surface area contributed by atoms with E-state index in [-0.39, 0.29) is 5.41 Å². The number of hydrogen-bond donors (Lipinski definition) is 0. The third-order valence-electron chi connectivity index (χ3n) is 3.47. The second-order valence-electron chi connectivity index (χ2n) is 5.55. The highest BCUT2D eigenvalue weighted by molar-refractivity contribution is 5.79. The van der Waals surface area contributed by atoms with Crippen LogP contribution in [0.1, 0.15) is 25.7 Å². The van der Waals surface area contributed by atoms with Crippen LogP contribution < -0.4 is 0 Å². The van der Waals surface area contributed by atoms with E-state index in [0.29, 0.717) is 0 Å². The highest BCUT2D eigenvalue weighted by atomic mass is 16.5. The van der Waals surface area contributed by atoms with Crippen LogP contribution in [0.25, 0.3) is 0 Å². The first-order valence-electron chi connectivity index (χ1n) is 6.39. The molecule has 0 bridgehead atoms. The van der Waals surface area contributed by atoms with Gasteiger partial charge in [-0.1, -0.05) is 12.8 Å². The third-order valence-corrected chi connectivity index (χ3v) is 3.47. The lowest BCUT2D eigenvalue weighted by Gasteiger charge is -2.28. The number of guanidine groups is 1. The van der Waals surface area contributed by atoms with Crippen molar-refractivity contribution in [2.75, 3.05) is 48.5 Å². The Hall–Kier alpha value is -0.770. The maximum Gasteiger partial charge on any atom is 0.195 e. The van der Waals surface area contributed by atoms with Crippen molar-refractivity contribution in [2.45, 2.75) is 25.7 Å².